The van der Waals surface area contributed by atoms with Crippen LogP contribution in [0.4, 0.5) is 5.69 Å². The van der Waals surface area contributed by atoms with E-state index in [0.29, 0.717) is 12.2 Å². The molecule has 0 spiro atoms. The van der Waals surface area contributed by atoms with Crippen molar-refractivity contribution in [3.05, 3.63) is 40.9 Å². The molecule has 0 fully saturated rings. The maximum atomic E-state index is 11.9. The van der Waals surface area contributed by atoms with Gasteiger partial charge < -0.3 is 0 Å². The van der Waals surface area contributed by atoms with Gasteiger partial charge in [0, 0.05) is 11.0 Å². The predicted molar refractivity (Wildman–Crippen MR) is 87.0 cm³/mol. The van der Waals surface area contributed by atoms with Gasteiger partial charge in [-0.2, -0.15) is 13.1 Å². The standard InChI is InChI=1S/C14H17BrN2O2S/c1-10(2)9-16-20(18,19)17-14-6-4-11-7-13(15)5-3-12(11)8-14/h3-8,10,16-17H,9H2,1-2H3. The molecule has 0 aliphatic carbocycles. The first-order valence-corrected chi connectivity index (χ1v) is 8.60. The minimum absolute atomic E-state index is 0.264. The van der Waals surface area contributed by atoms with Crippen molar-refractivity contribution in [2.75, 3.05) is 11.3 Å². The minimum atomic E-state index is -3.52. The lowest BCUT2D eigenvalue weighted by molar-refractivity contribution is 0.565. The monoisotopic (exact) mass is 356 g/mol. The molecule has 2 N–H and O–H groups in total. The number of anilines is 1. The molecule has 0 atom stereocenters. The molecule has 2 rings (SSSR count). The molecule has 0 bridgehead atoms. The molecule has 0 unspecified atom stereocenters. The molecule has 0 aromatic heterocycles. The van der Waals surface area contributed by atoms with Gasteiger partial charge in [0.15, 0.2) is 0 Å². The number of hydrogen-bond donors (Lipinski definition) is 2. The Morgan fingerprint density at radius 2 is 1.75 bits per heavy atom. The van der Waals surface area contributed by atoms with E-state index in [1.807, 2.05) is 44.2 Å². The Kier molecular flexibility index (Phi) is 4.67. The van der Waals surface area contributed by atoms with Crippen molar-refractivity contribution in [1.29, 1.82) is 0 Å². The number of benzene rings is 2. The predicted octanol–water partition coefficient (Wildman–Crippen LogP) is 3.50. The third-order valence-corrected chi connectivity index (χ3v) is 4.28. The van der Waals surface area contributed by atoms with Gasteiger partial charge in [0.25, 0.3) is 10.2 Å². The van der Waals surface area contributed by atoms with E-state index in [0.717, 1.165) is 15.2 Å². The van der Waals surface area contributed by atoms with Crippen LogP contribution >= 0.6 is 15.9 Å². The summed E-state index contributed by atoms with van der Waals surface area (Å²) in [5.41, 5.74) is 0.552. The molecule has 0 aliphatic rings. The van der Waals surface area contributed by atoms with Gasteiger partial charge in [0.2, 0.25) is 0 Å². The van der Waals surface area contributed by atoms with Crippen LogP contribution in [0.2, 0.25) is 0 Å². The van der Waals surface area contributed by atoms with E-state index >= 15 is 0 Å². The van der Waals surface area contributed by atoms with Crippen molar-refractivity contribution in [3.8, 4) is 0 Å². The molecule has 4 nitrogen and oxygen atoms in total. The summed E-state index contributed by atoms with van der Waals surface area (Å²) in [4.78, 5) is 0. The second-order valence-electron chi connectivity index (χ2n) is 5.05. The maximum Gasteiger partial charge on any atom is 0.299 e. The molecule has 0 saturated carbocycles. The Morgan fingerprint density at radius 1 is 1.10 bits per heavy atom. The highest BCUT2D eigenvalue weighted by Crippen LogP contribution is 2.23. The van der Waals surface area contributed by atoms with Gasteiger partial charge in [-0.15, -0.1) is 0 Å². The van der Waals surface area contributed by atoms with Gasteiger partial charge in [-0.3, -0.25) is 4.72 Å². The van der Waals surface area contributed by atoms with Crippen molar-refractivity contribution in [2.24, 2.45) is 5.92 Å². The zero-order valence-electron chi connectivity index (χ0n) is 11.4. The molecular formula is C14H17BrN2O2S. The normalized spacial score (nSPS) is 12.0. The lowest BCUT2D eigenvalue weighted by Crippen LogP contribution is -2.32. The zero-order chi connectivity index (χ0) is 14.8. The molecule has 6 heteroatoms. The van der Waals surface area contributed by atoms with Crippen molar-refractivity contribution >= 4 is 42.6 Å². The lowest BCUT2D eigenvalue weighted by atomic mass is 10.1. The van der Waals surface area contributed by atoms with Crippen LogP contribution in [0.25, 0.3) is 10.8 Å². The van der Waals surface area contributed by atoms with Gasteiger partial charge >= 0.3 is 0 Å². The first-order valence-electron chi connectivity index (χ1n) is 6.32. The van der Waals surface area contributed by atoms with E-state index in [1.54, 1.807) is 6.07 Å². The largest absolute Gasteiger partial charge is 0.299 e. The molecular weight excluding hydrogens is 340 g/mol. The lowest BCUT2D eigenvalue weighted by Gasteiger charge is -2.11. The van der Waals surface area contributed by atoms with Crippen molar-refractivity contribution < 1.29 is 8.42 Å². The van der Waals surface area contributed by atoms with Gasteiger partial charge in [-0.1, -0.05) is 41.9 Å². The smallest absolute Gasteiger partial charge is 0.271 e. The summed E-state index contributed by atoms with van der Waals surface area (Å²) in [5.74, 6) is 0.264. The summed E-state index contributed by atoms with van der Waals surface area (Å²) in [5, 5.41) is 2.04. The highest BCUT2D eigenvalue weighted by Gasteiger charge is 2.10. The Bertz CT molecular complexity index is 714. The fraction of sp³-hybridized carbons (Fsp3) is 0.286. The Balaban J connectivity index is 2.19. The number of nitrogens with one attached hydrogen (secondary N) is 2. The Morgan fingerprint density at radius 3 is 2.45 bits per heavy atom. The van der Waals surface area contributed by atoms with Crippen LogP contribution in [0, 0.1) is 5.92 Å². The van der Waals surface area contributed by atoms with Crippen LogP contribution in [0.1, 0.15) is 13.8 Å². The van der Waals surface area contributed by atoms with Crippen LogP contribution in [0.15, 0.2) is 40.9 Å². The molecule has 20 heavy (non-hydrogen) atoms. The van der Waals surface area contributed by atoms with E-state index in [9.17, 15) is 8.42 Å². The average molecular weight is 357 g/mol. The van der Waals surface area contributed by atoms with E-state index in [2.05, 4.69) is 25.4 Å². The SMILES string of the molecule is CC(C)CNS(=O)(=O)Nc1ccc2cc(Br)ccc2c1. The fourth-order valence-electron chi connectivity index (χ4n) is 1.75. The molecule has 2 aromatic rings. The molecule has 0 radical (unpaired) electrons. The van der Waals surface area contributed by atoms with Crippen molar-refractivity contribution in [2.45, 2.75) is 13.8 Å². The molecule has 2 aromatic carbocycles. The van der Waals surface area contributed by atoms with Gasteiger partial charge in [0.1, 0.15) is 0 Å². The van der Waals surface area contributed by atoms with E-state index < -0.39 is 10.2 Å². The Labute approximate surface area is 127 Å². The summed E-state index contributed by atoms with van der Waals surface area (Å²) in [7, 11) is -3.52. The van der Waals surface area contributed by atoms with Gasteiger partial charge in [0.05, 0.1) is 5.69 Å². The van der Waals surface area contributed by atoms with Gasteiger partial charge in [-0.25, -0.2) is 0 Å². The van der Waals surface area contributed by atoms with Crippen LogP contribution in [-0.4, -0.2) is 15.0 Å². The quantitative estimate of drug-likeness (QED) is 0.861. The summed E-state index contributed by atoms with van der Waals surface area (Å²) in [6.07, 6.45) is 0. The van der Waals surface area contributed by atoms with Crippen molar-refractivity contribution in [1.82, 2.24) is 4.72 Å². The summed E-state index contributed by atoms with van der Waals surface area (Å²) >= 11 is 3.41. The average Bonchev–Trinajstić information content (AvgIpc) is 2.36. The number of rotatable bonds is 5. The molecule has 108 valence electrons. The van der Waals surface area contributed by atoms with Crippen LogP contribution in [0.5, 0.6) is 0 Å². The highest BCUT2D eigenvalue weighted by atomic mass is 79.9. The summed E-state index contributed by atoms with van der Waals surface area (Å²) in [6, 6.07) is 11.3. The third kappa shape index (κ3) is 4.19. The van der Waals surface area contributed by atoms with Gasteiger partial charge in [-0.05, 0) is 41.0 Å². The zero-order valence-corrected chi connectivity index (χ0v) is 13.8. The number of hydrogen-bond acceptors (Lipinski definition) is 2. The number of halogens is 1. The highest BCUT2D eigenvalue weighted by molar-refractivity contribution is 9.10. The topological polar surface area (TPSA) is 58.2 Å². The Hall–Kier alpha value is -1.11. The molecule has 0 amide bonds. The first kappa shape index (κ1) is 15.3. The molecule has 0 aliphatic heterocycles. The maximum absolute atomic E-state index is 11.9. The van der Waals surface area contributed by atoms with E-state index in [-0.39, 0.29) is 5.92 Å². The molecule has 0 saturated heterocycles. The number of fused-ring (bicyclic) bond motifs is 1. The first-order chi connectivity index (χ1) is 9.35. The molecule has 0 heterocycles. The second kappa shape index (κ2) is 6.11. The fourth-order valence-corrected chi connectivity index (χ4v) is 3.19. The van der Waals surface area contributed by atoms with Crippen LogP contribution in [0.3, 0.4) is 0 Å². The van der Waals surface area contributed by atoms with E-state index in [4.69, 9.17) is 0 Å². The van der Waals surface area contributed by atoms with Crippen LogP contribution in [-0.2, 0) is 10.2 Å². The van der Waals surface area contributed by atoms with Crippen molar-refractivity contribution in [3.63, 3.8) is 0 Å². The van der Waals surface area contributed by atoms with E-state index in [1.165, 1.54) is 0 Å². The minimum Gasteiger partial charge on any atom is -0.271 e. The summed E-state index contributed by atoms with van der Waals surface area (Å²) < 4.78 is 29.8. The third-order valence-electron chi connectivity index (χ3n) is 2.74. The van der Waals surface area contributed by atoms with Crippen LogP contribution < -0.4 is 9.44 Å². The second-order valence-corrected chi connectivity index (χ2v) is 7.47. The summed E-state index contributed by atoms with van der Waals surface area (Å²) in [6.45, 7) is 4.32.